The summed E-state index contributed by atoms with van der Waals surface area (Å²) in [5.74, 6) is 1.41. The molecule has 4 heteroatoms. The van der Waals surface area contributed by atoms with Crippen LogP contribution < -0.4 is 5.32 Å². The lowest BCUT2D eigenvalue weighted by Gasteiger charge is -2.34. The van der Waals surface area contributed by atoms with E-state index in [1.807, 2.05) is 0 Å². The van der Waals surface area contributed by atoms with Crippen molar-refractivity contribution in [3.8, 4) is 0 Å². The molecule has 2 aliphatic rings. The van der Waals surface area contributed by atoms with Crippen LogP contribution in [0.1, 0.15) is 63.5 Å². The molecule has 2 fully saturated rings. The molecule has 0 radical (unpaired) electrons. The molecule has 1 unspecified atom stereocenters. The summed E-state index contributed by atoms with van der Waals surface area (Å²) in [5.41, 5.74) is 1.26. The van der Waals surface area contributed by atoms with Crippen LogP contribution in [-0.4, -0.2) is 43.7 Å². The fourth-order valence-electron chi connectivity index (χ4n) is 4.62. The van der Waals surface area contributed by atoms with Crippen LogP contribution in [0.5, 0.6) is 0 Å². The van der Waals surface area contributed by atoms with Gasteiger partial charge in [0.05, 0.1) is 12.6 Å². The zero-order chi connectivity index (χ0) is 18.9. The van der Waals surface area contributed by atoms with Crippen molar-refractivity contribution >= 4 is 5.91 Å². The monoisotopic (exact) mass is 372 g/mol. The maximum atomic E-state index is 12.8. The van der Waals surface area contributed by atoms with Crippen LogP contribution in [0.4, 0.5) is 0 Å². The Morgan fingerprint density at radius 2 is 1.81 bits per heavy atom. The highest BCUT2D eigenvalue weighted by Gasteiger charge is 2.27. The number of piperidine rings is 1. The van der Waals surface area contributed by atoms with Crippen molar-refractivity contribution in [1.82, 2.24) is 10.2 Å². The molecule has 1 heterocycles. The number of hydrogen-bond acceptors (Lipinski definition) is 3. The number of carbonyl (C=O) groups excluding carboxylic acids is 1. The molecule has 1 N–H and O–H groups in total. The zero-order valence-corrected chi connectivity index (χ0v) is 16.9. The predicted octanol–water partition coefficient (Wildman–Crippen LogP) is 4.17. The van der Waals surface area contributed by atoms with E-state index in [1.165, 1.54) is 37.7 Å². The molecule has 0 spiro atoms. The fourth-order valence-corrected chi connectivity index (χ4v) is 4.62. The summed E-state index contributed by atoms with van der Waals surface area (Å²) in [7, 11) is 0. The van der Waals surface area contributed by atoms with Gasteiger partial charge in [0.15, 0.2) is 0 Å². The number of carbonyl (C=O) groups is 1. The molecule has 27 heavy (non-hydrogen) atoms. The summed E-state index contributed by atoms with van der Waals surface area (Å²) in [6.45, 7) is 6.25. The van der Waals surface area contributed by atoms with Gasteiger partial charge in [0.2, 0.25) is 5.91 Å². The lowest BCUT2D eigenvalue weighted by molar-refractivity contribution is -0.123. The van der Waals surface area contributed by atoms with Gasteiger partial charge in [-0.2, -0.15) is 0 Å². The first-order valence-electron chi connectivity index (χ1n) is 10.9. The first kappa shape index (κ1) is 20.3. The van der Waals surface area contributed by atoms with Crippen molar-refractivity contribution in [2.24, 2.45) is 11.8 Å². The number of rotatable bonds is 8. The Morgan fingerprint density at radius 3 is 2.48 bits per heavy atom. The van der Waals surface area contributed by atoms with Gasteiger partial charge in [-0.25, -0.2) is 0 Å². The summed E-state index contributed by atoms with van der Waals surface area (Å²) in [4.78, 5) is 15.1. The fraction of sp³-hybridized carbons (Fsp3) is 0.696. The average molecular weight is 373 g/mol. The van der Waals surface area contributed by atoms with Gasteiger partial charge in [0.1, 0.15) is 0 Å². The molecule has 1 atom stereocenters. The number of nitrogens with one attached hydrogen (secondary N) is 1. The summed E-state index contributed by atoms with van der Waals surface area (Å²) >= 11 is 0. The zero-order valence-electron chi connectivity index (χ0n) is 16.9. The van der Waals surface area contributed by atoms with E-state index in [4.69, 9.17) is 4.74 Å². The molecule has 1 saturated carbocycles. The first-order chi connectivity index (χ1) is 13.3. The number of nitrogens with zero attached hydrogens (tertiary/aromatic N) is 1. The molecule has 1 amide bonds. The predicted molar refractivity (Wildman–Crippen MR) is 110 cm³/mol. The quantitative estimate of drug-likeness (QED) is 0.744. The van der Waals surface area contributed by atoms with Crippen molar-refractivity contribution in [1.29, 1.82) is 0 Å². The molecular weight excluding hydrogens is 336 g/mol. The van der Waals surface area contributed by atoms with E-state index < -0.39 is 0 Å². The number of benzene rings is 1. The summed E-state index contributed by atoms with van der Waals surface area (Å²) in [6.07, 6.45) is 8.64. The highest BCUT2D eigenvalue weighted by molar-refractivity contribution is 5.78. The van der Waals surface area contributed by atoms with Crippen LogP contribution in [0.25, 0.3) is 0 Å². The minimum atomic E-state index is 0.162. The SMILES string of the molecule is CCOCC1CCN(CC(=O)NC(c2ccccc2)C2CCCCC2)CC1. The maximum Gasteiger partial charge on any atom is 0.234 e. The van der Waals surface area contributed by atoms with Gasteiger partial charge in [-0.15, -0.1) is 0 Å². The van der Waals surface area contributed by atoms with Crippen molar-refractivity contribution in [3.05, 3.63) is 35.9 Å². The molecule has 150 valence electrons. The molecule has 3 rings (SSSR count). The molecule has 4 nitrogen and oxygen atoms in total. The first-order valence-corrected chi connectivity index (χ1v) is 10.9. The lowest BCUT2D eigenvalue weighted by Crippen LogP contribution is -2.44. The third-order valence-corrected chi connectivity index (χ3v) is 6.23. The van der Waals surface area contributed by atoms with Crippen molar-refractivity contribution in [2.75, 3.05) is 32.8 Å². The number of amides is 1. The molecule has 0 bridgehead atoms. The number of likely N-dealkylation sites (tertiary alicyclic amines) is 1. The second kappa shape index (κ2) is 10.8. The topological polar surface area (TPSA) is 41.6 Å². The van der Waals surface area contributed by atoms with Crippen molar-refractivity contribution in [2.45, 2.75) is 57.9 Å². The molecule has 0 aromatic heterocycles. The minimum absolute atomic E-state index is 0.162. The Bertz CT molecular complexity index is 549. The standard InChI is InChI=1S/C23H36N2O2/c1-2-27-18-19-13-15-25(16-14-19)17-22(26)24-23(20-9-5-3-6-10-20)21-11-7-4-8-12-21/h3,5-6,9-10,19,21,23H,2,4,7-8,11-18H2,1H3,(H,24,26). The Kier molecular flexibility index (Phi) is 8.15. The Morgan fingerprint density at radius 1 is 1.11 bits per heavy atom. The summed E-state index contributed by atoms with van der Waals surface area (Å²) in [5, 5.41) is 3.39. The highest BCUT2D eigenvalue weighted by Crippen LogP contribution is 2.34. The van der Waals surface area contributed by atoms with Crippen LogP contribution in [0.2, 0.25) is 0 Å². The normalized spacial score (nSPS) is 21.1. The van der Waals surface area contributed by atoms with E-state index >= 15 is 0 Å². The van der Waals surface area contributed by atoms with Gasteiger partial charge in [0, 0.05) is 13.2 Å². The molecule has 1 saturated heterocycles. The molecule has 1 aromatic rings. The maximum absolute atomic E-state index is 12.8. The van der Waals surface area contributed by atoms with Crippen LogP contribution in [0.3, 0.4) is 0 Å². The van der Waals surface area contributed by atoms with E-state index in [9.17, 15) is 4.79 Å². The van der Waals surface area contributed by atoms with Gasteiger partial charge >= 0.3 is 0 Å². The number of hydrogen-bond donors (Lipinski definition) is 1. The van der Waals surface area contributed by atoms with E-state index in [0.717, 1.165) is 39.1 Å². The molecule has 1 aliphatic heterocycles. The van der Waals surface area contributed by atoms with Crippen LogP contribution in [0, 0.1) is 11.8 Å². The second-order valence-corrected chi connectivity index (χ2v) is 8.23. The smallest absolute Gasteiger partial charge is 0.234 e. The van der Waals surface area contributed by atoms with Crippen molar-refractivity contribution in [3.63, 3.8) is 0 Å². The summed E-state index contributed by atoms with van der Waals surface area (Å²) < 4.78 is 5.56. The van der Waals surface area contributed by atoms with Crippen molar-refractivity contribution < 1.29 is 9.53 Å². The van der Waals surface area contributed by atoms with Crippen LogP contribution in [-0.2, 0) is 9.53 Å². The Hall–Kier alpha value is -1.39. The third kappa shape index (κ3) is 6.32. The van der Waals surface area contributed by atoms with E-state index in [2.05, 4.69) is 47.5 Å². The van der Waals surface area contributed by atoms with Gasteiger partial charge in [-0.3, -0.25) is 9.69 Å². The summed E-state index contributed by atoms with van der Waals surface area (Å²) in [6, 6.07) is 10.7. The molecular formula is C23H36N2O2. The molecule has 1 aromatic carbocycles. The van der Waals surface area contributed by atoms with Gasteiger partial charge in [-0.05, 0) is 63.1 Å². The largest absolute Gasteiger partial charge is 0.381 e. The average Bonchev–Trinajstić information content (AvgIpc) is 2.73. The lowest BCUT2D eigenvalue weighted by atomic mass is 9.81. The molecule has 1 aliphatic carbocycles. The Balaban J connectivity index is 1.52. The van der Waals surface area contributed by atoms with E-state index in [0.29, 0.717) is 18.4 Å². The van der Waals surface area contributed by atoms with Crippen LogP contribution in [0.15, 0.2) is 30.3 Å². The van der Waals surface area contributed by atoms with Crippen LogP contribution >= 0.6 is 0 Å². The van der Waals surface area contributed by atoms with E-state index in [-0.39, 0.29) is 11.9 Å². The highest BCUT2D eigenvalue weighted by atomic mass is 16.5. The van der Waals surface area contributed by atoms with Gasteiger partial charge < -0.3 is 10.1 Å². The van der Waals surface area contributed by atoms with Gasteiger partial charge in [-0.1, -0.05) is 49.6 Å². The minimum Gasteiger partial charge on any atom is -0.381 e. The second-order valence-electron chi connectivity index (χ2n) is 8.23. The number of ether oxygens (including phenoxy) is 1. The van der Waals surface area contributed by atoms with E-state index in [1.54, 1.807) is 0 Å². The van der Waals surface area contributed by atoms with Gasteiger partial charge in [0.25, 0.3) is 0 Å². The Labute approximate surface area is 164 Å². The third-order valence-electron chi connectivity index (χ3n) is 6.23.